The van der Waals surface area contributed by atoms with Gasteiger partial charge in [0, 0.05) is 41.4 Å². The van der Waals surface area contributed by atoms with Gasteiger partial charge >= 0.3 is 0 Å². The fraction of sp³-hybridized carbons (Fsp3) is 0.562. The SMILES string of the molecule is CN=C(NCCc1ccccc1)NCCS(=O)C(C)(C)C.I. The number of nitrogens with zero attached hydrogens (tertiary/aromatic N) is 1. The molecule has 22 heavy (non-hydrogen) atoms. The van der Waals surface area contributed by atoms with E-state index in [0.717, 1.165) is 18.9 Å². The van der Waals surface area contributed by atoms with Crippen LogP contribution in [-0.4, -0.2) is 40.8 Å². The van der Waals surface area contributed by atoms with Crippen LogP contribution in [0.25, 0.3) is 0 Å². The summed E-state index contributed by atoms with van der Waals surface area (Å²) in [6, 6.07) is 10.3. The van der Waals surface area contributed by atoms with Crippen LogP contribution >= 0.6 is 24.0 Å². The number of hydrogen-bond acceptors (Lipinski definition) is 2. The van der Waals surface area contributed by atoms with Crippen LogP contribution in [0.15, 0.2) is 35.3 Å². The second-order valence-corrected chi connectivity index (χ2v) is 8.15. The van der Waals surface area contributed by atoms with E-state index in [9.17, 15) is 4.21 Å². The van der Waals surface area contributed by atoms with Crippen LogP contribution in [0.3, 0.4) is 0 Å². The maximum atomic E-state index is 11.9. The maximum absolute atomic E-state index is 11.9. The molecule has 1 unspecified atom stereocenters. The minimum atomic E-state index is -0.836. The van der Waals surface area contributed by atoms with Gasteiger partial charge in [0.2, 0.25) is 0 Å². The minimum absolute atomic E-state index is 0. The van der Waals surface area contributed by atoms with Gasteiger partial charge in [0.15, 0.2) is 5.96 Å². The van der Waals surface area contributed by atoms with Crippen LogP contribution in [-0.2, 0) is 17.2 Å². The third-order valence-electron chi connectivity index (χ3n) is 3.04. The van der Waals surface area contributed by atoms with Crippen molar-refractivity contribution in [2.75, 3.05) is 25.9 Å². The standard InChI is InChI=1S/C16H27N3OS.HI/c1-16(2,3)21(20)13-12-19-15(17-4)18-11-10-14-8-6-5-7-9-14;/h5-9H,10-13H2,1-4H3,(H2,17,18,19);1H. The monoisotopic (exact) mass is 437 g/mol. The smallest absolute Gasteiger partial charge is 0.191 e. The summed E-state index contributed by atoms with van der Waals surface area (Å²) in [5.74, 6) is 1.39. The fourth-order valence-corrected chi connectivity index (χ4v) is 2.66. The number of halogens is 1. The predicted octanol–water partition coefficient (Wildman–Crippen LogP) is 2.56. The summed E-state index contributed by atoms with van der Waals surface area (Å²) in [7, 11) is 0.912. The largest absolute Gasteiger partial charge is 0.356 e. The highest BCUT2D eigenvalue weighted by molar-refractivity contribution is 14.0. The summed E-state index contributed by atoms with van der Waals surface area (Å²) >= 11 is 0. The first-order valence-corrected chi connectivity index (χ1v) is 8.62. The lowest BCUT2D eigenvalue weighted by atomic mass is 10.1. The molecule has 0 fully saturated rings. The molecule has 2 N–H and O–H groups in total. The van der Waals surface area contributed by atoms with Gasteiger partial charge in [0.1, 0.15) is 0 Å². The van der Waals surface area contributed by atoms with E-state index >= 15 is 0 Å². The fourth-order valence-electron chi connectivity index (χ4n) is 1.76. The van der Waals surface area contributed by atoms with Gasteiger partial charge in [-0.15, -0.1) is 24.0 Å². The molecule has 0 aliphatic heterocycles. The zero-order valence-electron chi connectivity index (χ0n) is 13.9. The van der Waals surface area contributed by atoms with Gasteiger partial charge in [-0.3, -0.25) is 9.20 Å². The molecular weight excluding hydrogens is 409 g/mol. The van der Waals surface area contributed by atoms with Crippen LogP contribution in [0.1, 0.15) is 26.3 Å². The van der Waals surface area contributed by atoms with E-state index in [-0.39, 0.29) is 28.7 Å². The number of rotatable bonds is 6. The zero-order chi connectivity index (χ0) is 15.7. The van der Waals surface area contributed by atoms with Crippen molar-refractivity contribution in [1.29, 1.82) is 0 Å². The van der Waals surface area contributed by atoms with Crippen molar-refractivity contribution in [2.45, 2.75) is 31.9 Å². The van der Waals surface area contributed by atoms with Gasteiger partial charge in [-0.05, 0) is 32.8 Å². The highest BCUT2D eigenvalue weighted by Gasteiger charge is 2.18. The highest BCUT2D eigenvalue weighted by Crippen LogP contribution is 2.10. The molecule has 0 amide bonds. The van der Waals surface area contributed by atoms with Crippen LogP contribution in [0.5, 0.6) is 0 Å². The molecule has 0 radical (unpaired) electrons. The zero-order valence-corrected chi connectivity index (χ0v) is 17.0. The van der Waals surface area contributed by atoms with Gasteiger partial charge in [-0.25, -0.2) is 0 Å². The minimum Gasteiger partial charge on any atom is -0.356 e. The summed E-state index contributed by atoms with van der Waals surface area (Å²) < 4.78 is 11.8. The number of hydrogen-bond donors (Lipinski definition) is 2. The second-order valence-electron chi connectivity index (χ2n) is 5.82. The van der Waals surface area contributed by atoms with Crippen molar-refractivity contribution in [2.24, 2.45) is 4.99 Å². The lowest BCUT2D eigenvalue weighted by Gasteiger charge is -2.18. The summed E-state index contributed by atoms with van der Waals surface area (Å²) in [6.45, 7) is 7.48. The molecule has 4 nitrogen and oxygen atoms in total. The van der Waals surface area contributed by atoms with Crippen LogP contribution in [0.4, 0.5) is 0 Å². The quantitative estimate of drug-likeness (QED) is 0.409. The Morgan fingerprint density at radius 2 is 1.73 bits per heavy atom. The Labute approximate surface area is 154 Å². The molecule has 0 aliphatic carbocycles. The molecule has 1 rings (SSSR count). The Hall–Kier alpha value is -0.630. The van der Waals surface area contributed by atoms with Crippen LogP contribution < -0.4 is 10.6 Å². The Bertz CT molecular complexity index is 472. The summed E-state index contributed by atoms with van der Waals surface area (Å²) in [6.07, 6.45) is 0.954. The van der Waals surface area contributed by atoms with E-state index in [1.165, 1.54) is 5.56 Å². The Morgan fingerprint density at radius 3 is 2.27 bits per heavy atom. The average molecular weight is 437 g/mol. The van der Waals surface area contributed by atoms with Crippen molar-refractivity contribution in [3.8, 4) is 0 Å². The second kappa shape index (κ2) is 11.0. The van der Waals surface area contributed by atoms with Gasteiger partial charge in [-0.1, -0.05) is 30.3 Å². The lowest BCUT2D eigenvalue weighted by Crippen LogP contribution is -2.41. The highest BCUT2D eigenvalue weighted by atomic mass is 127. The van der Waals surface area contributed by atoms with Crippen molar-refractivity contribution in [1.82, 2.24) is 10.6 Å². The molecular formula is C16H28IN3OS. The maximum Gasteiger partial charge on any atom is 0.191 e. The van der Waals surface area contributed by atoms with E-state index in [1.807, 2.05) is 39.0 Å². The molecule has 126 valence electrons. The summed E-state index contributed by atoms with van der Waals surface area (Å²) in [5, 5.41) is 6.47. The Balaban J connectivity index is 0.00000441. The van der Waals surface area contributed by atoms with Crippen LogP contribution in [0.2, 0.25) is 0 Å². The predicted molar refractivity (Wildman–Crippen MR) is 108 cm³/mol. The van der Waals surface area contributed by atoms with Crippen molar-refractivity contribution in [3.63, 3.8) is 0 Å². The Morgan fingerprint density at radius 1 is 1.14 bits per heavy atom. The topological polar surface area (TPSA) is 53.5 Å². The van der Waals surface area contributed by atoms with E-state index < -0.39 is 10.8 Å². The Kier molecular flexibility index (Phi) is 10.7. The van der Waals surface area contributed by atoms with Gasteiger partial charge in [0.05, 0.1) is 0 Å². The van der Waals surface area contributed by atoms with E-state index in [4.69, 9.17) is 0 Å². The van der Waals surface area contributed by atoms with Gasteiger partial charge < -0.3 is 10.6 Å². The number of guanidine groups is 1. The molecule has 0 bridgehead atoms. The van der Waals surface area contributed by atoms with E-state index in [2.05, 4.69) is 27.8 Å². The first kappa shape index (κ1) is 21.4. The van der Waals surface area contributed by atoms with Gasteiger partial charge in [0.25, 0.3) is 0 Å². The molecule has 1 atom stereocenters. The summed E-state index contributed by atoms with van der Waals surface area (Å²) in [5.41, 5.74) is 1.30. The van der Waals surface area contributed by atoms with Crippen LogP contribution in [0, 0.1) is 0 Å². The third-order valence-corrected chi connectivity index (χ3v) is 4.98. The molecule has 0 heterocycles. The molecule has 0 spiro atoms. The van der Waals surface area contributed by atoms with Crippen molar-refractivity contribution in [3.05, 3.63) is 35.9 Å². The van der Waals surface area contributed by atoms with Crippen molar-refractivity contribution < 1.29 is 4.21 Å². The number of benzene rings is 1. The molecule has 0 aliphatic rings. The number of nitrogens with one attached hydrogen (secondary N) is 2. The lowest BCUT2D eigenvalue weighted by molar-refractivity contribution is 0.647. The van der Waals surface area contributed by atoms with E-state index in [0.29, 0.717) is 12.3 Å². The normalized spacial score (nSPS) is 13.2. The average Bonchev–Trinajstić information content (AvgIpc) is 2.45. The third kappa shape index (κ3) is 8.73. The molecule has 0 saturated carbocycles. The number of aliphatic imine (C=N–C) groups is 1. The molecule has 6 heteroatoms. The molecule has 1 aromatic carbocycles. The molecule has 0 saturated heterocycles. The first-order valence-electron chi connectivity index (χ1n) is 7.30. The first-order chi connectivity index (χ1) is 9.93. The molecule has 1 aromatic rings. The van der Waals surface area contributed by atoms with Gasteiger partial charge in [-0.2, -0.15) is 0 Å². The summed E-state index contributed by atoms with van der Waals surface area (Å²) in [4.78, 5) is 4.17. The van der Waals surface area contributed by atoms with E-state index in [1.54, 1.807) is 7.05 Å². The van der Waals surface area contributed by atoms with Crippen molar-refractivity contribution >= 4 is 40.7 Å². The molecule has 0 aromatic heterocycles.